The predicted molar refractivity (Wildman–Crippen MR) is 82.7 cm³/mol. The Morgan fingerprint density at radius 2 is 2.14 bits per heavy atom. The molecule has 0 saturated carbocycles. The highest BCUT2D eigenvalue weighted by Gasteiger charge is 2.07. The highest BCUT2D eigenvalue weighted by Crippen LogP contribution is 2.19. The number of carbonyl (C=O) groups excluding carboxylic acids is 1. The van der Waals surface area contributed by atoms with Crippen LogP contribution in [0, 0.1) is 6.92 Å². The molecule has 1 aromatic carbocycles. The molecule has 0 fully saturated rings. The summed E-state index contributed by atoms with van der Waals surface area (Å²) in [6.45, 7) is 3.72. The van der Waals surface area contributed by atoms with E-state index in [4.69, 9.17) is 11.6 Å². The van der Waals surface area contributed by atoms with Gasteiger partial charge in [-0.05, 0) is 31.0 Å². The quantitative estimate of drug-likeness (QED) is 0.943. The van der Waals surface area contributed by atoms with Gasteiger partial charge < -0.3 is 5.32 Å². The van der Waals surface area contributed by atoms with Gasteiger partial charge in [0.15, 0.2) is 0 Å². The molecule has 1 aromatic heterocycles. The van der Waals surface area contributed by atoms with Gasteiger partial charge in [0.05, 0.1) is 6.33 Å². The van der Waals surface area contributed by atoms with Crippen LogP contribution in [0.3, 0.4) is 0 Å². The monoisotopic (exact) mass is 305 g/mol. The molecule has 0 saturated heterocycles. The molecule has 6 heteroatoms. The number of aryl methyl sites for hydroxylation is 2. The Morgan fingerprint density at radius 3 is 2.76 bits per heavy atom. The topological polar surface area (TPSA) is 64.0 Å². The Labute approximate surface area is 127 Å². The number of rotatable bonds is 4. The third kappa shape index (κ3) is 3.92. The lowest BCUT2D eigenvalue weighted by Gasteiger charge is -2.08. The second-order valence-corrected chi connectivity index (χ2v) is 5.12. The van der Waals surface area contributed by atoms with Crippen molar-refractivity contribution in [2.24, 2.45) is 0 Å². The Hall–Kier alpha value is -2.14. The SMILES string of the molecule is CCc1cc(=O)n(CC(=O)Nc2ccc(C)c(Cl)c2)cn1. The van der Waals surface area contributed by atoms with Crippen LogP contribution in [0.2, 0.25) is 5.02 Å². The summed E-state index contributed by atoms with van der Waals surface area (Å²) in [5.41, 5.74) is 2.01. The summed E-state index contributed by atoms with van der Waals surface area (Å²) in [5.74, 6) is -0.303. The lowest BCUT2D eigenvalue weighted by molar-refractivity contribution is -0.116. The molecule has 0 atom stereocenters. The standard InChI is InChI=1S/C15H16ClN3O2/c1-3-11-7-15(21)19(9-17-11)8-14(20)18-12-5-4-10(2)13(16)6-12/h4-7,9H,3,8H2,1-2H3,(H,18,20). The van der Waals surface area contributed by atoms with Gasteiger partial charge in [0.1, 0.15) is 6.54 Å². The first-order chi connectivity index (χ1) is 9.99. The molecule has 0 aliphatic carbocycles. The fourth-order valence-corrected chi connectivity index (χ4v) is 1.98. The fourth-order valence-electron chi connectivity index (χ4n) is 1.80. The molecule has 1 heterocycles. The maximum atomic E-state index is 11.9. The molecule has 0 bridgehead atoms. The molecule has 0 unspecified atom stereocenters. The van der Waals surface area contributed by atoms with Crippen molar-refractivity contribution in [2.75, 3.05) is 5.32 Å². The van der Waals surface area contributed by atoms with Crippen molar-refractivity contribution in [1.82, 2.24) is 9.55 Å². The average molecular weight is 306 g/mol. The molecule has 1 amide bonds. The first kappa shape index (κ1) is 15.3. The van der Waals surface area contributed by atoms with Crippen molar-refractivity contribution in [3.05, 3.63) is 57.2 Å². The first-order valence-electron chi connectivity index (χ1n) is 6.61. The predicted octanol–water partition coefficient (Wildman–Crippen LogP) is 2.41. The lowest BCUT2D eigenvalue weighted by Crippen LogP contribution is -2.27. The number of halogens is 1. The molecular weight excluding hydrogens is 290 g/mol. The third-order valence-electron chi connectivity index (χ3n) is 3.07. The van der Waals surface area contributed by atoms with E-state index in [-0.39, 0.29) is 18.0 Å². The lowest BCUT2D eigenvalue weighted by atomic mass is 10.2. The summed E-state index contributed by atoms with van der Waals surface area (Å²) in [6.07, 6.45) is 2.08. The van der Waals surface area contributed by atoms with Crippen LogP contribution in [-0.2, 0) is 17.8 Å². The van der Waals surface area contributed by atoms with E-state index in [1.807, 2.05) is 19.9 Å². The van der Waals surface area contributed by atoms with Crippen molar-refractivity contribution < 1.29 is 4.79 Å². The van der Waals surface area contributed by atoms with E-state index >= 15 is 0 Å². The maximum absolute atomic E-state index is 11.9. The fraction of sp³-hybridized carbons (Fsp3) is 0.267. The van der Waals surface area contributed by atoms with Crippen molar-refractivity contribution >= 4 is 23.2 Å². The van der Waals surface area contributed by atoms with Gasteiger partial charge in [0.25, 0.3) is 5.56 Å². The smallest absolute Gasteiger partial charge is 0.253 e. The van der Waals surface area contributed by atoms with E-state index in [2.05, 4.69) is 10.3 Å². The van der Waals surface area contributed by atoms with E-state index in [0.717, 1.165) is 5.56 Å². The Morgan fingerprint density at radius 1 is 1.38 bits per heavy atom. The molecule has 1 N–H and O–H groups in total. The van der Waals surface area contributed by atoms with E-state index in [1.165, 1.54) is 17.0 Å². The molecule has 2 rings (SSSR count). The summed E-state index contributed by atoms with van der Waals surface area (Å²) in [6, 6.07) is 6.70. The second-order valence-electron chi connectivity index (χ2n) is 4.71. The van der Waals surface area contributed by atoms with Gasteiger partial charge in [-0.1, -0.05) is 24.6 Å². The zero-order valence-electron chi connectivity index (χ0n) is 11.9. The van der Waals surface area contributed by atoms with Crippen molar-refractivity contribution in [3.8, 4) is 0 Å². The van der Waals surface area contributed by atoms with Crippen LogP contribution in [0.25, 0.3) is 0 Å². The number of amides is 1. The minimum absolute atomic E-state index is 0.0820. The molecule has 110 valence electrons. The van der Waals surface area contributed by atoms with E-state index in [0.29, 0.717) is 22.8 Å². The number of hydrogen-bond acceptors (Lipinski definition) is 3. The Balaban J connectivity index is 2.08. The van der Waals surface area contributed by atoms with Crippen LogP contribution >= 0.6 is 11.6 Å². The van der Waals surface area contributed by atoms with Gasteiger partial charge in [-0.25, -0.2) is 4.98 Å². The van der Waals surface area contributed by atoms with Crippen molar-refractivity contribution in [2.45, 2.75) is 26.8 Å². The number of carbonyl (C=O) groups is 1. The normalized spacial score (nSPS) is 10.4. The molecule has 0 radical (unpaired) electrons. The highest BCUT2D eigenvalue weighted by atomic mass is 35.5. The number of nitrogens with one attached hydrogen (secondary N) is 1. The van der Waals surface area contributed by atoms with Crippen molar-refractivity contribution in [3.63, 3.8) is 0 Å². The largest absolute Gasteiger partial charge is 0.324 e. The van der Waals surface area contributed by atoms with Gasteiger partial charge in [-0.15, -0.1) is 0 Å². The van der Waals surface area contributed by atoms with Crippen LogP contribution in [0.1, 0.15) is 18.2 Å². The first-order valence-corrected chi connectivity index (χ1v) is 6.98. The van der Waals surface area contributed by atoms with Crippen LogP contribution in [-0.4, -0.2) is 15.5 Å². The molecule has 2 aromatic rings. The van der Waals surface area contributed by atoms with E-state index in [9.17, 15) is 9.59 Å². The molecule has 0 aliphatic rings. The minimum atomic E-state index is -0.303. The number of benzene rings is 1. The van der Waals surface area contributed by atoms with Crippen LogP contribution < -0.4 is 10.9 Å². The number of aromatic nitrogens is 2. The van der Waals surface area contributed by atoms with Gasteiger partial charge in [0.2, 0.25) is 5.91 Å². The van der Waals surface area contributed by atoms with Gasteiger partial charge in [-0.3, -0.25) is 14.2 Å². The second kappa shape index (κ2) is 6.54. The zero-order valence-corrected chi connectivity index (χ0v) is 12.6. The minimum Gasteiger partial charge on any atom is -0.324 e. The summed E-state index contributed by atoms with van der Waals surface area (Å²) in [7, 11) is 0. The van der Waals surface area contributed by atoms with Crippen LogP contribution in [0.5, 0.6) is 0 Å². The van der Waals surface area contributed by atoms with E-state index in [1.54, 1.807) is 12.1 Å². The summed E-state index contributed by atoms with van der Waals surface area (Å²) >= 11 is 6.00. The third-order valence-corrected chi connectivity index (χ3v) is 3.48. The highest BCUT2D eigenvalue weighted by molar-refractivity contribution is 6.31. The number of nitrogens with zero attached hydrogens (tertiary/aromatic N) is 2. The molecule has 21 heavy (non-hydrogen) atoms. The molecular formula is C15H16ClN3O2. The molecule has 0 aliphatic heterocycles. The van der Waals surface area contributed by atoms with Crippen LogP contribution in [0.15, 0.2) is 35.4 Å². The van der Waals surface area contributed by atoms with Crippen LogP contribution in [0.4, 0.5) is 5.69 Å². The average Bonchev–Trinajstić information content (AvgIpc) is 2.45. The number of hydrogen-bond donors (Lipinski definition) is 1. The Bertz CT molecular complexity index is 725. The van der Waals surface area contributed by atoms with Gasteiger partial charge in [0, 0.05) is 22.5 Å². The molecule has 5 nitrogen and oxygen atoms in total. The zero-order chi connectivity index (χ0) is 15.4. The Kier molecular flexibility index (Phi) is 4.75. The number of anilines is 1. The summed E-state index contributed by atoms with van der Waals surface area (Å²) in [4.78, 5) is 27.9. The maximum Gasteiger partial charge on any atom is 0.253 e. The molecule has 0 spiro atoms. The van der Waals surface area contributed by atoms with Gasteiger partial charge in [-0.2, -0.15) is 0 Å². The van der Waals surface area contributed by atoms with Crippen molar-refractivity contribution in [1.29, 1.82) is 0 Å². The van der Waals surface area contributed by atoms with E-state index < -0.39 is 0 Å². The van der Waals surface area contributed by atoms with Gasteiger partial charge >= 0.3 is 0 Å². The summed E-state index contributed by atoms with van der Waals surface area (Å²) < 4.78 is 1.27. The summed E-state index contributed by atoms with van der Waals surface area (Å²) in [5, 5.41) is 3.29.